The molecule has 6 aliphatic carbocycles. The van der Waals surface area contributed by atoms with E-state index in [9.17, 15) is 0 Å². The molecule has 0 radical (unpaired) electrons. The van der Waals surface area contributed by atoms with Crippen LogP contribution in [0.5, 0.6) is 0 Å². The van der Waals surface area contributed by atoms with Gasteiger partial charge < -0.3 is 18.9 Å². The summed E-state index contributed by atoms with van der Waals surface area (Å²) in [6, 6.07) is 29.5. The molecule has 4 bridgehead atoms. The number of hydrogen-bond acceptors (Lipinski definition) is 4. The number of ether oxygens (including phenoxy) is 4. The summed E-state index contributed by atoms with van der Waals surface area (Å²) in [5, 5.41) is 0. The van der Waals surface area contributed by atoms with Crippen LogP contribution >= 0.6 is 0 Å². The molecule has 0 saturated carbocycles. The van der Waals surface area contributed by atoms with Crippen LogP contribution < -0.4 is 0 Å². The minimum atomic E-state index is -0.481. The van der Waals surface area contributed by atoms with Crippen LogP contribution in [0.25, 0.3) is 0 Å². The van der Waals surface area contributed by atoms with E-state index in [1.807, 2.05) is 12.1 Å². The second kappa shape index (κ2) is 8.67. The first-order valence-corrected chi connectivity index (χ1v) is 13.0. The maximum Gasteiger partial charge on any atom is 0.113 e. The fourth-order valence-electron chi connectivity index (χ4n) is 6.78. The van der Waals surface area contributed by atoms with E-state index >= 15 is 0 Å². The molecule has 2 atom stereocenters. The highest BCUT2D eigenvalue weighted by molar-refractivity contribution is 5.59. The summed E-state index contributed by atoms with van der Waals surface area (Å²) < 4.78 is 25.8. The summed E-state index contributed by atoms with van der Waals surface area (Å²) in [4.78, 5) is 0. The molecular formula is C33H30O4. The number of methoxy groups -OCH3 is 1. The van der Waals surface area contributed by atoms with Gasteiger partial charge in [-0.1, -0.05) is 84.9 Å². The average Bonchev–Trinajstić information content (AvgIpc) is 3.26. The Morgan fingerprint density at radius 3 is 1.97 bits per heavy atom. The average molecular weight is 491 g/mol. The predicted molar refractivity (Wildman–Crippen MR) is 141 cm³/mol. The van der Waals surface area contributed by atoms with E-state index in [1.54, 1.807) is 7.11 Å². The molecule has 3 aromatic carbocycles. The molecule has 1 aliphatic heterocycles. The van der Waals surface area contributed by atoms with Crippen LogP contribution in [-0.4, -0.2) is 20.3 Å². The molecule has 3 aromatic rings. The van der Waals surface area contributed by atoms with Crippen molar-refractivity contribution in [2.45, 2.75) is 24.5 Å². The highest BCUT2D eigenvalue weighted by Gasteiger charge is 2.65. The molecule has 2 spiro atoms. The lowest BCUT2D eigenvalue weighted by molar-refractivity contribution is 0.0833. The first-order valence-electron chi connectivity index (χ1n) is 13.0. The van der Waals surface area contributed by atoms with Crippen LogP contribution in [0.2, 0.25) is 0 Å². The zero-order valence-electron chi connectivity index (χ0n) is 20.9. The largest absolute Gasteiger partial charge is 0.500 e. The minimum Gasteiger partial charge on any atom is -0.500 e. The van der Waals surface area contributed by atoms with Crippen LogP contribution in [0.15, 0.2) is 120 Å². The first-order chi connectivity index (χ1) is 18.2. The molecule has 186 valence electrons. The molecule has 37 heavy (non-hydrogen) atoms. The predicted octanol–water partition coefficient (Wildman–Crippen LogP) is 6.41. The van der Waals surface area contributed by atoms with Gasteiger partial charge in [-0.15, -0.1) is 0 Å². The van der Waals surface area contributed by atoms with Crippen LogP contribution in [0.3, 0.4) is 0 Å². The Balaban J connectivity index is 1.37. The van der Waals surface area contributed by atoms with Gasteiger partial charge in [-0.25, -0.2) is 0 Å². The standard InChI is InChI=1S/C33H30O4/c1-34-30-16-26-25-14-8-9-15-27(25)33(30)22-35-21-32(33)17-28(36-19-23-10-4-2-5-11-23)31(26)29(18-32)37-20-24-12-6-3-7-13-24/h2-18,26,31H,19-22H2,1H3. The second-order valence-electron chi connectivity index (χ2n) is 10.4. The van der Waals surface area contributed by atoms with E-state index < -0.39 is 10.8 Å². The lowest BCUT2D eigenvalue weighted by atomic mass is 9.51. The molecule has 1 saturated heterocycles. The van der Waals surface area contributed by atoms with E-state index in [1.165, 1.54) is 11.1 Å². The van der Waals surface area contributed by atoms with Crippen LogP contribution in [0.4, 0.5) is 0 Å². The molecule has 2 unspecified atom stereocenters. The van der Waals surface area contributed by atoms with Crippen molar-refractivity contribution in [2.24, 2.45) is 11.3 Å². The van der Waals surface area contributed by atoms with Gasteiger partial charge in [0, 0.05) is 5.92 Å². The van der Waals surface area contributed by atoms with E-state index in [2.05, 4.69) is 91.0 Å². The maximum atomic E-state index is 6.67. The smallest absolute Gasteiger partial charge is 0.113 e. The normalized spacial score (nSPS) is 28.7. The zero-order chi connectivity index (χ0) is 24.9. The fraction of sp³-hybridized carbons (Fsp3) is 0.273. The Bertz CT molecular complexity index is 1340. The third-order valence-corrected chi connectivity index (χ3v) is 8.47. The van der Waals surface area contributed by atoms with Crippen molar-refractivity contribution in [1.82, 2.24) is 0 Å². The highest BCUT2D eigenvalue weighted by atomic mass is 16.5. The Labute approximate surface area is 217 Å². The number of allylic oxidation sites excluding steroid dienone is 1. The second-order valence-corrected chi connectivity index (χ2v) is 10.4. The Morgan fingerprint density at radius 2 is 1.35 bits per heavy atom. The van der Waals surface area contributed by atoms with E-state index in [0.717, 1.165) is 28.4 Å². The van der Waals surface area contributed by atoms with Crippen LogP contribution in [0, 0.1) is 11.3 Å². The molecule has 10 rings (SSSR count). The van der Waals surface area contributed by atoms with E-state index in [-0.39, 0.29) is 11.8 Å². The van der Waals surface area contributed by atoms with Crippen molar-refractivity contribution >= 4 is 0 Å². The van der Waals surface area contributed by atoms with E-state index in [4.69, 9.17) is 18.9 Å². The lowest BCUT2D eigenvalue weighted by Crippen LogP contribution is -2.52. The number of rotatable bonds is 7. The monoisotopic (exact) mass is 490 g/mol. The summed E-state index contributed by atoms with van der Waals surface area (Å²) in [5.41, 5.74) is 3.93. The zero-order valence-corrected chi connectivity index (χ0v) is 20.9. The van der Waals surface area contributed by atoms with Crippen molar-refractivity contribution in [3.8, 4) is 0 Å². The molecule has 0 amide bonds. The van der Waals surface area contributed by atoms with Crippen LogP contribution in [0.1, 0.15) is 28.2 Å². The van der Waals surface area contributed by atoms with Gasteiger partial charge in [0.25, 0.3) is 0 Å². The van der Waals surface area contributed by atoms with Crippen molar-refractivity contribution < 1.29 is 18.9 Å². The van der Waals surface area contributed by atoms with Gasteiger partial charge in [0.15, 0.2) is 0 Å². The van der Waals surface area contributed by atoms with Gasteiger partial charge in [0.2, 0.25) is 0 Å². The molecule has 7 aliphatic rings. The van der Waals surface area contributed by atoms with Crippen molar-refractivity contribution in [1.29, 1.82) is 0 Å². The first kappa shape index (κ1) is 22.4. The quantitative estimate of drug-likeness (QED) is 0.383. The Kier molecular flexibility index (Phi) is 5.26. The third kappa shape index (κ3) is 3.32. The number of hydrogen-bond donors (Lipinski definition) is 0. The van der Waals surface area contributed by atoms with Crippen molar-refractivity contribution in [2.75, 3.05) is 20.3 Å². The molecule has 4 nitrogen and oxygen atoms in total. The molecule has 1 fully saturated rings. The van der Waals surface area contributed by atoms with Gasteiger partial charge >= 0.3 is 0 Å². The summed E-state index contributed by atoms with van der Waals surface area (Å²) in [6.45, 7) is 2.10. The van der Waals surface area contributed by atoms with Crippen LogP contribution in [-0.2, 0) is 37.6 Å². The molecule has 0 N–H and O–H groups in total. The van der Waals surface area contributed by atoms with Gasteiger partial charge in [-0.2, -0.15) is 0 Å². The fourth-order valence-corrected chi connectivity index (χ4v) is 6.78. The maximum absolute atomic E-state index is 6.67. The minimum absolute atomic E-state index is 0.0275. The Hall–Kier alpha value is -3.76. The van der Waals surface area contributed by atoms with Gasteiger partial charge in [0.05, 0.1) is 37.1 Å². The molecule has 1 heterocycles. The summed E-state index contributed by atoms with van der Waals surface area (Å²) in [7, 11) is 1.78. The summed E-state index contributed by atoms with van der Waals surface area (Å²) >= 11 is 0. The molecule has 4 heteroatoms. The van der Waals surface area contributed by atoms with Gasteiger partial charge in [-0.3, -0.25) is 0 Å². The van der Waals surface area contributed by atoms with Gasteiger partial charge in [0.1, 0.15) is 30.5 Å². The summed E-state index contributed by atoms with van der Waals surface area (Å²) in [6.07, 6.45) is 6.93. The highest BCUT2D eigenvalue weighted by Crippen LogP contribution is 2.65. The molecular weight excluding hydrogens is 460 g/mol. The topological polar surface area (TPSA) is 36.9 Å². The van der Waals surface area contributed by atoms with Gasteiger partial charge in [-0.05, 0) is 40.5 Å². The number of benzene rings is 3. The van der Waals surface area contributed by atoms with E-state index in [0.29, 0.717) is 26.4 Å². The van der Waals surface area contributed by atoms with Crippen molar-refractivity contribution in [3.05, 3.63) is 143 Å². The summed E-state index contributed by atoms with van der Waals surface area (Å²) in [5.74, 6) is 2.82. The molecule has 0 aromatic heterocycles. The van der Waals surface area contributed by atoms with Crippen molar-refractivity contribution in [3.63, 3.8) is 0 Å². The lowest BCUT2D eigenvalue weighted by Gasteiger charge is -2.52. The Morgan fingerprint density at radius 1 is 0.757 bits per heavy atom. The third-order valence-electron chi connectivity index (χ3n) is 8.47. The SMILES string of the molecule is COC1=CC2c3ccccc3C13COCC31C=C(OCc3ccccc3)C2C(OCc2ccccc2)=C1.